The molecule has 1 aromatic heterocycles. The number of aryl methyl sites for hydroxylation is 1. The van der Waals surface area contributed by atoms with Crippen LogP contribution in [0.3, 0.4) is 0 Å². The first-order chi connectivity index (χ1) is 10.6. The fourth-order valence-electron chi connectivity index (χ4n) is 3.06. The molecule has 6 heteroatoms. The Labute approximate surface area is 128 Å². The summed E-state index contributed by atoms with van der Waals surface area (Å²) < 4.78 is 2.14. The number of carboxylic acid groups (broad SMARTS) is 1. The van der Waals surface area contributed by atoms with Crippen LogP contribution in [0, 0.1) is 5.92 Å². The van der Waals surface area contributed by atoms with Crippen LogP contribution in [0.5, 0.6) is 0 Å². The van der Waals surface area contributed by atoms with Crippen LogP contribution in [0.15, 0.2) is 24.3 Å². The maximum atomic E-state index is 11.9. The van der Waals surface area contributed by atoms with Gasteiger partial charge in [0.05, 0.1) is 17.0 Å². The highest BCUT2D eigenvalue weighted by Crippen LogP contribution is 2.20. The van der Waals surface area contributed by atoms with E-state index in [9.17, 15) is 9.59 Å². The highest BCUT2D eigenvalue weighted by molar-refractivity contribution is 5.86. The summed E-state index contributed by atoms with van der Waals surface area (Å²) in [6, 6.07) is 7.96. The van der Waals surface area contributed by atoms with Gasteiger partial charge in [0, 0.05) is 32.5 Å². The molecule has 3 rings (SSSR count). The lowest BCUT2D eigenvalue weighted by atomic mass is 10.1. The number of aromatic nitrogens is 2. The first-order valence-electron chi connectivity index (χ1n) is 7.55. The molecule has 0 bridgehead atoms. The molecule has 0 spiro atoms. The van der Waals surface area contributed by atoms with Crippen LogP contribution in [0.25, 0.3) is 11.0 Å². The van der Waals surface area contributed by atoms with Gasteiger partial charge in [-0.15, -0.1) is 0 Å². The number of imidazole rings is 1. The van der Waals surface area contributed by atoms with E-state index in [4.69, 9.17) is 5.11 Å². The maximum absolute atomic E-state index is 11.9. The van der Waals surface area contributed by atoms with Gasteiger partial charge >= 0.3 is 5.97 Å². The molecule has 1 amide bonds. The zero-order chi connectivity index (χ0) is 15.7. The van der Waals surface area contributed by atoms with Crippen molar-refractivity contribution in [3.05, 3.63) is 30.1 Å². The zero-order valence-corrected chi connectivity index (χ0v) is 12.5. The highest BCUT2D eigenvalue weighted by Gasteiger charge is 2.34. The number of aliphatic carboxylic acids is 1. The molecule has 22 heavy (non-hydrogen) atoms. The fourth-order valence-corrected chi connectivity index (χ4v) is 3.06. The Morgan fingerprint density at radius 3 is 2.86 bits per heavy atom. The summed E-state index contributed by atoms with van der Waals surface area (Å²) in [6.45, 7) is 3.72. The molecule has 1 N–H and O–H groups in total. The van der Waals surface area contributed by atoms with Gasteiger partial charge in [-0.05, 0) is 19.1 Å². The van der Waals surface area contributed by atoms with Crippen molar-refractivity contribution in [3.63, 3.8) is 0 Å². The number of carbonyl (C=O) groups is 2. The molecule has 116 valence electrons. The first-order valence-corrected chi connectivity index (χ1v) is 7.55. The van der Waals surface area contributed by atoms with Gasteiger partial charge in [0.1, 0.15) is 5.82 Å². The van der Waals surface area contributed by atoms with E-state index in [1.54, 1.807) is 4.90 Å². The summed E-state index contributed by atoms with van der Waals surface area (Å²) in [5.74, 6) is -0.601. The van der Waals surface area contributed by atoms with Crippen LogP contribution in [0.4, 0.5) is 0 Å². The van der Waals surface area contributed by atoms with E-state index in [1.807, 2.05) is 24.3 Å². The molecular formula is C16H19N3O3. The molecule has 0 saturated carbocycles. The third kappa shape index (κ3) is 2.56. The Kier molecular flexibility index (Phi) is 3.83. The SMILES string of the molecule is CCn1c(CCN2CC(C(=O)O)CC2=O)nc2ccccc21. The number of fused-ring (bicyclic) bond motifs is 1. The topological polar surface area (TPSA) is 75.4 Å². The first kappa shape index (κ1) is 14.6. The Morgan fingerprint density at radius 2 is 2.18 bits per heavy atom. The van der Waals surface area contributed by atoms with Crippen molar-refractivity contribution in [1.82, 2.24) is 14.5 Å². The molecule has 0 radical (unpaired) electrons. The van der Waals surface area contributed by atoms with Gasteiger partial charge in [-0.1, -0.05) is 12.1 Å². The second kappa shape index (κ2) is 5.79. The monoisotopic (exact) mass is 301 g/mol. The predicted molar refractivity (Wildman–Crippen MR) is 81.4 cm³/mol. The number of likely N-dealkylation sites (tertiary alicyclic amines) is 1. The summed E-state index contributed by atoms with van der Waals surface area (Å²) in [5.41, 5.74) is 2.05. The number of rotatable bonds is 5. The number of benzene rings is 1. The van der Waals surface area contributed by atoms with E-state index < -0.39 is 11.9 Å². The third-order valence-electron chi connectivity index (χ3n) is 4.22. The Bertz CT molecular complexity index is 722. The fraction of sp³-hybridized carbons (Fsp3) is 0.438. The molecule has 2 heterocycles. The standard InChI is InChI=1S/C16H19N3O3/c1-2-19-13-6-4-3-5-12(13)17-14(19)7-8-18-10-11(16(21)22)9-15(18)20/h3-6,11H,2,7-10H2,1H3,(H,21,22). The van der Waals surface area contributed by atoms with Crippen LogP contribution < -0.4 is 0 Å². The largest absolute Gasteiger partial charge is 0.481 e. The second-order valence-electron chi connectivity index (χ2n) is 5.59. The van der Waals surface area contributed by atoms with Gasteiger partial charge in [-0.2, -0.15) is 0 Å². The van der Waals surface area contributed by atoms with Crippen LogP contribution in [0.2, 0.25) is 0 Å². The van der Waals surface area contributed by atoms with Crippen LogP contribution >= 0.6 is 0 Å². The van der Waals surface area contributed by atoms with E-state index in [-0.39, 0.29) is 12.3 Å². The number of carboxylic acids is 1. The van der Waals surface area contributed by atoms with Crippen molar-refractivity contribution < 1.29 is 14.7 Å². The Hall–Kier alpha value is -2.37. The quantitative estimate of drug-likeness (QED) is 0.909. The van der Waals surface area contributed by atoms with Gasteiger partial charge in [-0.3, -0.25) is 9.59 Å². The molecule has 1 aliphatic rings. The molecule has 1 aromatic carbocycles. The molecular weight excluding hydrogens is 282 g/mol. The number of para-hydroxylation sites is 2. The average molecular weight is 301 g/mol. The van der Waals surface area contributed by atoms with Gasteiger partial charge in [0.2, 0.25) is 5.91 Å². The summed E-state index contributed by atoms with van der Waals surface area (Å²) in [5, 5.41) is 9.02. The summed E-state index contributed by atoms with van der Waals surface area (Å²) in [4.78, 5) is 29.1. The van der Waals surface area contributed by atoms with E-state index in [1.165, 1.54) is 0 Å². The second-order valence-corrected chi connectivity index (χ2v) is 5.59. The van der Waals surface area contributed by atoms with Crippen molar-refractivity contribution in [2.75, 3.05) is 13.1 Å². The van der Waals surface area contributed by atoms with Gasteiger partial charge < -0.3 is 14.6 Å². The smallest absolute Gasteiger partial charge is 0.308 e. The van der Waals surface area contributed by atoms with Gasteiger partial charge in [0.15, 0.2) is 0 Å². The third-order valence-corrected chi connectivity index (χ3v) is 4.22. The molecule has 0 aliphatic carbocycles. The average Bonchev–Trinajstić information content (AvgIpc) is 3.05. The zero-order valence-electron chi connectivity index (χ0n) is 12.5. The molecule has 1 fully saturated rings. The van der Waals surface area contributed by atoms with Crippen LogP contribution in [0.1, 0.15) is 19.2 Å². The summed E-state index contributed by atoms with van der Waals surface area (Å²) >= 11 is 0. The van der Waals surface area contributed by atoms with Crippen molar-refractivity contribution in [1.29, 1.82) is 0 Å². The summed E-state index contributed by atoms with van der Waals surface area (Å²) in [6.07, 6.45) is 0.750. The number of hydrogen-bond donors (Lipinski definition) is 1. The van der Waals surface area contributed by atoms with Gasteiger partial charge in [0.25, 0.3) is 0 Å². The van der Waals surface area contributed by atoms with Crippen molar-refractivity contribution in [2.24, 2.45) is 5.92 Å². The minimum absolute atomic E-state index is 0.0773. The number of hydrogen-bond acceptors (Lipinski definition) is 3. The van der Waals surface area contributed by atoms with E-state index in [0.29, 0.717) is 19.5 Å². The Balaban J connectivity index is 1.74. The van der Waals surface area contributed by atoms with Crippen molar-refractivity contribution in [3.8, 4) is 0 Å². The lowest BCUT2D eigenvalue weighted by molar-refractivity contribution is -0.141. The Morgan fingerprint density at radius 1 is 1.41 bits per heavy atom. The molecule has 1 unspecified atom stereocenters. The molecule has 6 nitrogen and oxygen atoms in total. The highest BCUT2D eigenvalue weighted by atomic mass is 16.4. The molecule has 2 aromatic rings. The minimum atomic E-state index is -0.892. The molecule has 1 aliphatic heterocycles. The predicted octanol–water partition coefficient (Wildman–Crippen LogP) is 1.53. The van der Waals surface area contributed by atoms with Crippen LogP contribution in [-0.2, 0) is 22.6 Å². The lowest BCUT2D eigenvalue weighted by Gasteiger charge is -2.16. The lowest BCUT2D eigenvalue weighted by Crippen LogP contribution is -2.29. The molecule has 1 atom stereocenters. The van der Waals surface area contributed by atoms with Crippen molar-refractivity contribution in [2.45, 2.75) is 26.3 Å². The van der Waals surface area contributed by atoms with Crippen LogP contribution in [-0.4, -0.2) is 44.5 Å². The van der Waals surface area contributed by atoms with E-state index >= 15 is 0 Å². The normalized spacial score (nSPS) is 18.3. The summed E-state index contributed by atoms with van der Waals surface area (Å²) in [7, 11) is 0. The maximum Gasteiger partial charge on any atom is 0.308 e. The number of nitrogens with zero attached hydrogens (tertiary/aromatic N) is 3. The number of amides is 1. The minimum Gasteiger partial charge on any atom is -0.481 e. The van der Waals surface area contributed by atoms with E-state index in [0.717, 1.165) is 23.4 Å². The van der Waals surface area contributed by atoms with E-state index in [2.05, 4.69) is 16.5 Å². The molecule has 1 saturated heterocycles. The number of carbonyl (C=O) groups excluding carboxylic acids is 1. The van der Waals surface area contributed by atoms with Crippen molar-refractivity contribution >= 4 is 22.9 Å². The van der Waals surface area contributed by atoms with Gasteiger partial charge in [-0.25, -0.2) is 4.98 Å².